The minimum atomic E-state index is -3.72. The highest BCUT2D eigenvalue weighted by molar-refractivity contribution is 7.89. The van der Waals surface area contributed by atoms with Gasteiger partial charge in [0.15, 0.2) is 0 Å². The van der Waals surface area contributed by atoms with Crippen molar-refractivity contribution in [2.45, 2.75) is 4.90 Å². The number of aromatic hydroxyl groups is 1. The molecule has 23 heavy (non-hydrogen) atoms. The summed E-state index contributed by atoms with van der Waals surface area (Å²) in [5.74, 6) is 0.133. The van der Waals surface area contributed by atoms with E-state index in [9.17, 15) is 8.42 Å². The number of hydrogen-bond donors (Lipinski definition) is 2. The van der Waals surface area contributed by atoms with E-state index in [-0.39, 0.29) is 10.6 Å². The Labute approximate surface area is 142 Å². The Morgan fingerprint density at radius 3 is 2.26 bits per heavy atom. The minimum absolute atomic E-state index is 0.0711. The molecule has 2 aromatic carbocycles. The standard InChI is InChI=1S/C8H7N3O2S2.C6H5ClO/c9-15(12,13)7-4-2-1-3-6(7)8-10-5-11-14-8;7-5-3-1-2-4-6(5)8/h1-5H,(H2,9,12,13);1-4,8H. The highest BCUT2D eigenvalue weighted by atomic mass is 35.5. The van der Waals surface area contributed by atoms with Crippen LogP contribution >= 0.6 is 23.1 Å². The van der Waals surface area contributed by atoms with Crippen LogP contribution in [0.1, 0.15) is 0 Å². The molecule has 3 N–H and O–H groups in total. The summed E-state index contributed by atoms with van der Waals surface area (Å²) in [6, 6.07) is 13.1. The minimum Gasteiger partial charge on any atom is -0.506 e. The van der Waals surface area contributed by atoms with Crippen LogP contribution in [0.3, 0.4) is 0 Å². The van der Waals surface area contributed by atoms with E-state index in [1.54, 1.807) is 42.5 Å². The highest BCUT2D eigenvalue weighted by Gasteiger charge is 2.15. The zero-order valence-corrected chi connectivity index (χ0v) is 14.0. The summed E-state index contributed by atoms with van der Waals surface area (Å²) in [6.07, 6.45) is 1.37. The summed E-state index contributed by atoms with van der Waals surface area (Å²) in [7, 11) is -3.72. The van der Waals surface area contributed by atoms with Gasteiger partial charge in [-0.3, -0.25) is 0 Å². The van der Waals surface area contributed by atoms with Crippen LogP contribution < -0.4 is 5.14 Å². The third-order valence-electron chi connectivity index (χ3n) is 2.64. The fraction of sp³-hybridized carbons (Fsp3) is 0. The normalized spacial score (nSPS) is 10.7. The first-order chi connectivity index (χ1) is 10.9. The number of phenolic OH excluding ortho intramolecular Hbond substituents is 1. The van der Waals surface area contributed by atoms with Gasteiger partial charge in [0, 0.05) is 5.56 Å². The van der Waals surface area contributed by atoms with Crippen LogP contribution in [0.2, 0.25) is 5.02 Å². The lowest BCUT2D eigenvalue weighted by atomic mass is 10.2. The molecule has 0 saturated carbocycles. The van der Waals surface area contributed by atoms with Gasteiger partial charge in [0.25, 0.3) is 0 Å². The van der Waals surface area contributed by atoms with Gasteiger partial charge in [-0.05, 0) is 29.7 Å². The first-order valence-corrected chi connectivity index (χ1v) is 8.91. The number of sulfonamides is 1. The van der Waals surface area contributed by atoms with Crippen molar-refractivity contribution in [1.82, 2.24) is 9.36 Å². The highest BCUT2D eigenvalue weighted by Crippen LogP contribution is 2.26. The number of primary sulfonamides is 1. The van der Waals surface area contributed by atoms with Gasteiger partial charge in [0.05, 0.1) is 9.92 Å². The van der Waals surface area contributed by atoms with Crippen molar-refractivity contribution in [2.75, 3.05) is 0 Å². The molecule has 0 saturated heterocycles. The van der Waals surface area contributed by atoms with Gasteiger partial charge < -0.3 is 5.11 Å². The molecule has 0 unspecified atom stereocenters. The molecule has 0 amide bonds. The van der Waals surface area contributed by atoms with Crippen molar-refractivity contribution in [1.29, 1.82) is 0 Å². The van der Waals surface area contributed by atoms with Crippen molar-refractivity contribution in [3.63, 3.8) is 0 Å². The molecule has 0 aliphatic rings. The summed E-state index contributed by atoms with van der Waals surface area (Å²) >= 11 is 6.58. The zero-order chi connectivity index (χ0) is 16.9. The summed E-state index contributed by atoms with van der Waals surface area (Å²) in [5, 5.41) is 14.8. The third kappa shape index (κ3) is 4.73. The monoisotopic (exact) mass is 369 g/mol. The lowest BCUT2D eigenvalue weighted by Gasteiger charge is -2.03. The molecule has 0 bridgehead atoms. The molecule has 0 aliphatic heterocycles. The van der Waals surface area contributed by atoms with Crippen LogP contribution in [-0.2, 0) is 10.0 Å². The van der Waals surface area contributed by atoms with Crippen LogP contribution in [0.5, 0.6) is 5.75 Å². The topological polar surface area (TPSA) is 106 Å². The van der Waals surface area contributed by atoms with Crippen molar-refractivity contribution in [2.24, 2.45) is 5.14 Å². The number of nitrogens with zero attached hydrogens (tertiary/aromatic N) is 2. The molecule has 0 aliphatic carbocycles. The molecule has 0 spiro atoms. The Bertz CT molecular complexity index is 863. The Morgan fingerprint density at radius 1 is 1.09 bits per heavy atom. The number of phenols is 1. The van der Waals surface area contributed by atoms with E-state index < -0.39 is 10.0 Å². The van der Waals surface area contributed by atoms with Crippen molar-refractivity contribution < 1.29 is 13.5 Å². The molecule has 3 rings (SSSR count). The van der Waals surface area contributed by atoms with E-state index in [0.29, 0.717) is 15.6 Å². The van der Waals surface area contributed by atoms with Crippen LogP contribution in [-0.4, -0.2) is 22.9 Å². The van der Waals surface area contributed by atoms with E-state index in [4.69, 9.17) is 21.8 Å². The van der Waals surface area contributed by atoms with E-state index >= 15 is 0 Å². The maximum Gasteiger partial charge on any atom is 0.238 e. The fourth-order valence-electron chi connectivity index (χ4n) is 1.63. The van der Waals surface area contributed by atoms with Gasteiger partial charge in [-0.2, -0.15) is 4.37 Å². The van der Waals surface area contributed by atoms with E-state index in [0.717, 1.165) is 11.5 Å². The van der Waals surface area contributed by atoms with Crippen LogP contribution in [0.4, 0.5) is 0 Å². The van der Waals surface area contributed by atoms with Crippen LogP contribution in [0.15, 0.2) is 59.8 Å². The number of aromatic nitrogens is 2. The Balaban J connectivity index is 0.000000203. The number of halogens is 1. The molecule has 0 fully saturated rings. The summed E-state index contributed by atoms with van der Waals surface area (Å²) in [6.45, 7) is 0. The first-order valence-electron chi connectivity index (χ1n) is 6.22. The second-order valence-electron chi connectivity index (χ2n) is 4.24. The van der Waals surface area contributed by atoms with E-state index in [2.05, 4.69) is 9.36 Å². The number of hydrogen-bond acceptors (Lipinski definition) is 6. The van der Waals surface area contributed by atoms with Gasteiger partial charge in [-0.1, -0.05) is 41.9 Å². The molecule has 1 heterocycles. The van der Waals surface area contributed by atoms with Gasteiger partial charge in [-0.25, -0.2) is 18.5 Å². The molecule has 6 nitrogen and oxygen atoms in total. The van der Waals surface area contributed by atoms with Gasteiger partial charge in [-0.15, -0.1) is 0 Å². The predicted octanol–water partition coefficient (Wildman–Crippen LogP) is 2.90. The summed E-state index contributed by atoms with van der Waals surface area (Å²) < 4.78 is 26.4. The first kappa shape index (κ1) is 17.4. The third-order valence-corrected chi connectivity index (χ3v) is 4.62. The molecule has 0 atom stereocenters. The predicted molar refractivity (Wildman–Crippen MR) is 89.8 cm³/mol. The molecular weight excluding hydrogens is 358 g/mol. The second kappa shape index (κ2) is 7.51. The summed E-state index contributed by atoms with van der Waals surface area (Å²) in [5.41, 5.74) is 0.488. The SMILES string of the molecule is NS(=O)(=O)c1ccccc1-c1ncns1.Oc1ccccc1Cl. The Kier molecular flexibility index (Phi) is 5.67. The van der Waals surface area contributed by atoms with E-state index in [1.807, 2.05) is 0 Å². The molecule has 1 aromatic heterocycles. The maximum absolute atomic E-state index is 11.3. The van der Waals surface area contributed by atoms with Crippen molar-refractivity contribution in [3.05, 3.63) is 59.9 Å². The largest absolute Gasteiger partial charge is 0.506 e. The average Bonchev–Trinajstić information content (AvgIpc) is 3.04. The molecule has 9 heteroatoms. The number of para-hydroxylation sites is 1. The lowest BCUT2D eigenvalue weighted by Crippen LogP contribution is -2.13. The number of benzene rings is 2. The van der Waals surface area contributed by atoms with Crippen LogP contribution in [0.25, 0.3) is 10.6 Å². The maximum atomic E-state index is 11.3. The molecule has 120 valence electrons. The van der Waals surface area contributed by atoms with Gasteiger partial charge in [0.2, 0.25) is 10.0 Å². The zero-order valence-electron chi connectivity index (χ0n) is 11.6. The fourth-order valence-corrected chi connectivity index (χ4v) is 3.14. The van der Waals surface area contributed by atoms with Crippen LogP contribution in [0, 0.1) is 0 Å². The number of nitrogens with two attached hydrogens (primary N) is 1. The molecule has 0 radical (unpaired) electrons. The molecular formula is C14H12ClN3O3S2. The number of rotatable bonds is 2. The smallest absolute Gasteiger partial charge is 0.238 e. The average molecular weight is 370 g/mol. The Hall–Kier alpha value is -2.00. The second-order valence-corrected chi connectivity index (χ2v) is 6.96. The van der Waals surface area contributed by atoms with Crippen molar-refractivity contribution >= 4 is 33.2 Å². The summed E-state index contributed by atoms with van der Waals surface area (Å²) in [4.78, 5) is 4.02. The lowest BCUT2D eigenvalue weighted by molar-refractivity contribution is 0.475. The van der Waals surface area contributed by atoms with Gasteiger partial charge in [0.1, 0.15) is 17.1 Å². The van der Waals surface area contributed by atoms with E-state index in [1.165, 1.54) is 12.4 Å². The Morgan fingerprint density at radius 2 is 1.74 bits per heavy atom. The molecule has 3 aromatic rings. The van der Waals surface area contributed by atoms with Gasteiger partial charge >= 0.3 is 0 Å². The van der Waals surface area contributed by atoms with Crippen molar-refractivity contribution in [3.8, 4) is 16.3 Å². The quantitative estimate of drug-likeness (QED) is 0.722.